The molecule has 4 nitrogen and oxygen atoms in total. The molecule has 1 aromatic carbocycles. The normalized spacial score (nSPS) is 13.8. The van der Waals surface area contributed by atoms with Crippen LogP contribution >= 0.6 is 0 Å². The van der Waals surface area contributed by atoms with Gasteiger partial charge in [-0.25, -0.2) is 0 Å². The molecule has 1 aromatic heterocycles. The lowest BCUT2D eigenvalue weighted by atomic mass is 10.0. The van der Waals surface area contributed by atoms with Gasteiger partial charge >= 0.3 is 0 Å². The minimum Gasteiger partial charge on any atom is -0.458 e. The Balaban J connectivity index is 1.98. The van der Waals surface area contributed by atoms with Gasteiger partial charge in [0, 0.05) is 18.3 Å². The van der Waals surface area contributed by atoms with Gasteiger partial charge in [-0.05, 0) is 42.8 Å². The van der Waals surface area contributed by atoms with Crippen molar-refractivity contribution in [2.45, 2.75) is 13.3 Å². The highest BCUT2D eigenvalue weighted by atomic mass is 16.3. The summed E-state index contributed by atoms with van der Waals surface area (Å²) in [6, 6.07) is 8.74. The first-order valence-electron chi connectivity index (χ1n) is 6.07. The molecule has 1 aliphatic rings. The van der Waals surface area contributed by atoms with Gasteiger partial charge in [-0.2, -0.15) is 0 Å². The molecule has 0 N–H and O–H groups in total. The first-order chi connectivity index (χ1) is 9.06. The van der Waals surface area contributed by atoms with E-state index in [0.717, 1.165) is 11.3 Å². The molecule has 19 heavy (non-hydrogen) atoms. The van der Waals surface area contributed by atoms with Crippen molar-refractivity contribution < 1.29 is 14.0 Å². The van der Waals surface area contributed by atoms with E-state index in [4.69, 9.17) is 4.42 Å². The smallest absolute Gasteiger partial charge is 0.231 e. The predicted molar refractivity (Wildman–Crippen MR) is 70.4 cm³/mol. The maximum atomic E-state index is 12.2. The van der Waals surface area contributed by atoms with Gasteiger partial charge in [0.2, 0.25) is 11.7 Å². The van der Waals surface area contributed by atoms with Gasteiger partial charge in [0.25, 0.3) is 0 Å². The zero-order chi connectivity index (χ0) is 13.6. The van der Waals surface area contributed by atoms with Crippen LogP contribution in [0.5, 0.6) is 0 Å². The Labute approximate surface area is 110 Å². The highest BCUT2D eigenvalue weighted by molar-refractivity contribution is 6.09. The monoisotopic (exact) mass is 255 g/mol. The molecule has 0 radical (unpaired) electrons. The Kier molecular flexibility index (Phi) is 2.52. The SMILES string of the molecule is Cc1ccc(C(=O)c2ccc3c(c2)CC(=O)N3C)o1. The predicted octanol–water partition coefficient (Wildman–Crippen LogP) is 2.34. The number of hydrogen-bond acceptors (Lipinski definition) is 3. The van der Waals surface area contributed by atoms with Crippen molar-refractivity contribution in [1.29, 1.82) is 0 Å². The quantitative estimate of drug-likeness (QED) is 0.774. The summed E-state index contributed by atoms with van der Waals surface area (Å²) in [4.78, 5) is 25.4. The number of hydrogen-bond donors (Lipinski definition) is 0. The Morgan fingerprint density at radius 1 is 1.26 bits per heavy atom. The molecule has 0 unspecified atom stereocenters. The third-order valence-corrected chi connectivity index (χ3v) is 3.38. The molecule has 4 heteroatoms. The van der Waals surface area contributed by atoms with Gasteiger partial charge < -0.3 is 9.32 Å². The van der Waals surface area contributed by atoms with E-state index in [0.29, 0.717) is 23.5 Å². The number of fused-ring (bicyclic) bond motifs is 1. The third-order valence-electron chi connectivity index (χ3n) is 3.38. The molecule has 0 saturated carbocycles. The lowest BCUT2D eigenvalue weighted by Gasteiger charge is -2.09. The van der Waals surface area contributed by atoms with E-state index >= 15 is 0 Å². The second-order valence-corrected chi connectivity index (χ2v) is 4.71. The first kappa shape index (κ1) is 11.7. The number of rotatable bonds is 2. The van der Waals surface area contributed by atoms with Crippen molar-refractivity contribution in [2.24, 2.45) is 0 Å². The Hall–Kier alpha value is -2.36. The summed E-state index contributed by atoms with van der Waals surface area (Å²) in [5.74, 6) is 0.931. The molecule has 2 heterocycles. The maximum Gasteiger partial charge on any atom is 0.231 e. The summed E-state index contributed by atoms with van der Waals surface area (Å²) >= 11 is 0. The summed E-state index contributed by atoms with van der Waals surface area (Å²) in [5.41, 5.74) is 2.31. The molecule has 96 valence electrons. The zero-order valence-electron chi connectivity index (χ0n) is 10.8. The molecular weight excluding hydrogens is 242 g/mol. The van der Waals surface area contributed by atoms with Crippen molar-refractivity contribution in [1.82, 2.24) is 0 Å². The highest BCUT2D eigenvalue weighted by Gasteiger charge is 2.25. The van der Waals surface area contributed by atoms with Gasteiger partial charge in [-0.15, -0.1) is 0 Å². The number of carbonyl (C=O) groups is 2. The van der Waals surface area contributed by atoms with Crippen molar-refractivity contribution in [3.8, 4) is 0 Å². The molecule has 0 fully saturated rings. The summed E-state index contributed by atoms with van der Waals surface area (Å²) in [5, 5.41) is 0. The number of ketones is 1. The van der Waals surface area contributed by atoms with E-state index in [-0.39, 0.29) is 11.7 Å². The van der Waals surface area contributed by atoms with Crippen LogP contribution in [0.4, 0.5) is 5.69 Å². The molecule has 0 saturated heterocycles. The van der Waals surface area contributed by atoms with Crippen molar-refractivity contribution in [2.75, 3.05) is 11.9 Å². The molecule has 2 aromatic rings. The summed E-state index contributed by atoms with van der Waals surface area (Å²) < 4.78 is 5.33. The van der Waals surface area contributed by atoms with E-state index in [1.54, 1.807) is 43.1 Å². The van der Waals surface area contributed by atoms with Crippen LogP contribution < -0.4 is 4.90 Å². The zero-order valence-corrected chi connectivity index (χ0v) is 10.8. The first-order valence-corrected chi connectivity index (χ1v) is 6.07. The average Bonchev–Trinajstić information content (AvgIpc) is 2.94. The van der Waals surface area contributed by atoms with Crippen molar-refractivity contribution in [3.63, 3.8) is 0 Å². The second kappa shape index (κ2) is 4.09. The summed E-state index contributed by atoms with van der Waals surface area (Å²) in [6.07, 6.45) is 0.351. The number of likely N-dealkylation sites (N-methyl/N-ethyl adjacent to an activating group) is 1. The number of nitrogens with zero attached hydrogens (tertiary/aromatic N) is 1. The van der Waals surface area contributed by atoms with Crippen LogP contribution in [0.3, 0.4) is 0 Å². The van der Waals surface area contributed by atoms with Gasteiger partial charge in [-0.1, -0.05) is 0 Å². The van der Waals surface area contributed by atoms with E-state index in [1.807, 2.05) is 6.07 Å². The van der Waals surface area contributed by atoms with Crippen LogP contribution in [0.1, 0.15) is 27.4 Å². The Morgan fingerprint density at radius 2 is 2.05 bits per heavy atom. The molecule has 3 rings (SSSR count). The number of amides is 1. The van der Waals surface area contributed by atoms with Crippen LogP contribution in [0.2, 0.25) is 0 Å². The number of furan rings is 1. The van der Waals surface area contributed by atoms with Crippen LogP contribution in [-0.4, -0.2) is 18.7 Å². The fraction of sp³-hybridized carbons (Fsp3) is 0.200. The number of aryl methyl sites for hydroxylation is 1. The average molecular weight is 255 g/mol. The van der Waals surface area contributed by atoms with Crippen LogP contribution in [0.25, 0.3) is 0 Å². The van der Waals surface area contributed by atoms with Crippen LogP contribution in [0, 0.1) is 6.92 Å². The van der Waals surface area contributed by atoms with E-state index < -0.39 is 0 Å². The van der Waals surface area contributed by atoms with Gasteiger partial charge in [0.05, 0.1) is 6.42 Å². The fourth-order valence-electron chi connectivity index (χ4n) is 2.31. The third kappa shape index (κ3) is 1.85. The number of anilines is 1. The van der Waals surface area contributed by atoms with Gasteiger partial charge in [0.1, 0.15) is 5.76 Å². The van der Waals surface area contributed by atoms with Gasteiger partial charge in [0.15, 0.2) is 5.76 Å². The Morgan fingerprint density at radius 3 is 2.74 bits per heavy atom. The van der Waals surface area contributed by atoms with Crippen molar-refractivity contribution in [3.05, 3.63) is 53.0 Å². The molecule has 0 aliphatic carbocycles. The van der Waals surface area contributed by atoms with E-state index in [1.165, 1.54) is 0 Å². The van der Waals surface area contributed by atoms with Gasteiger partial charge in [-0.3, -0.25) is 9.59 Å². The Bertz CT molecular complexity index is 684. The van der Waals surface area contributed by atoms with E-state index in [9.17, 15) is 9.59 Å². The van der Waals surface area contributed by atoms with Crippen molar-refractivity contribution >= 4 is 17.4 Å². The standard InChI is InChI=1S/C15H13NO3/c1-9-3-6-13(19-9)15(18)10-4-5-12-11(7-10)8-14(17)16(12)2/h3-7H,8H2,1-2H3. The molecular formula is C15H13NO3. The minimum atomic E-state index is -0.155. The highest BCUT2D eigenvalue weighted by Crippen LogP contribution is 2.29. The minimum absolute atomic E-state index is 0.0495. The summed E-state index contributed by atoms with van der Waals surface area (Å²) in [6.45, 7) is 1.80. The molecule has 0 bridgehead atoms. The molecule has 1 aliphatic heterocycles. The number of carbonyl (C=O) groups excluding carboxylic acids is 2. The largest absolute Gasteiger partial charge is 0.458 e. The lowest BCUT2D eigenvalue weighted by Crippen LogP contribution is -2.20. The van der Waals surface area contributed by atoms with E-state index in [2.05, 4.69) is 0 Å². The fourth-order valence-corrected chi connectivity index (χ4v) is 2.31. The molecule has 0 atom stereocenters. The second-order valence-electron chi connectivity index (χ2n) is 4.71. The maximum absolute atomic E-state index is 12.2. The molecule has 1 amide bonds. The summed E-state index contributed by atoms with van der Waals surface area (Å²) in [7, 11) is 1.74. The lowest BCUT2D eigenvalue weighted by molar-refractivity contribution is -0.117. The van der Waals surface area contributed by atoms with Crippen LogP contribution in [-0.2, 0) is 11.2 Å². The topological polar surface area (TPSA) is 50.5 Å². The molecule has 0 spiro atoms. The van der Waals surface area contributed by atoms with Crippen LogP contribution in [0.15, 0.2) is 34.7 Å². The number of benzene rings is 1.